The number of carbonyl (C=O) groups excluding carboxylic acids is 3. The molecule has 2 aliphatic heterocycles. The van der Waals surface area contributed by atoms with E-state index in [0.29, 0.717) is 24.7 Å². The maximum Gasteiger partial charge on any atom is 0.407 e. The van der Waals surface area contributed by atoms with Crippen molar-refractivity contribution in [2.45, 2.75) is 87.7 Å². The molecule has 2 saturated heterocycles. The molecule has 1 aliphatic carbocycles. The number of anilines is 1. The monoisotopic (exact) mass is 711 g/mol. The summed E-state index contributed by atoms with van der Waals surface area (Å²) in [6, 6.07) is -0.888. The first-order valence-electron chi connectivity index (χ1n) is 15.0. The molecule has 18 nitrogen and oxygen atoms in total. The van der Waals surface area contributed by atoms with Crippen LogP contribution in [0.1, 0.15) is 58.7 Å². The molecule has 0 aromatic carbocycles. The van der Waals surface area contributed by atoms with E-state index < -0.39 is 46.3 Å². The van der Waals surface area contributed by atoms with Crippen LogP contribution in [-0.2, 0) is 30.5 Å². The van der Waals surface area contributed by atoms with Crippen LogP contribution in [0.2, 0.25) is 0 Å². The molecule has 2 aromatic rings. The Hall–Kier alpha value is -3.72. The minimum absolute atomic E-state index is 0.00601. The fourth-order valence-electron chi connectivity index (χ4n) is 5.13. The maximum absolute atomic E-state index is 13.3. The van der Waals surface area contributed by atoms with Gasteiger partial charge in [-0.3, -0.25) is 14.4 Å². The quantitative estimate of drug-likeness (QED) is 0.0743. The summed E-state index contributed by atoms with van der Waals surface area (Å²) in [7, 11) is 0. The fourth-order valence-corrected chi connectivity index (χ4v) is 8.33. The highest BCUT2D eigenvalue weighted by molar-refractivity contribution is 8.00. The van der Waals surface area contributed by atoms with Crippen molar-refractivity contribution in [1.29, 1.82) is 0 Å². The number of β-lactam (4-membered cyclic amide) rings is 1. The van der Waals surface area contributed by atoms with E-state index in [1.807, 2.05) is 0 Å². The van der Waals surface area contributed by atoms with Gasteiger partial charge in [-0.15, -0.1) is 16.9 Å². The molecule has 47 heavy (non-hydrogen) atoms. The van der Waals surface area contributed by atoms with Crippen molar-refractivity contribution in [3.63, 3.8) is 0 Å². The first-order valence-corrected chi connectivity index (χ1v) is 17.8. The molecular weight excluding hydrogens is 675 g/mol. The van der Waals surface area contributed by atoms with Crippen molar-refractivity contribution in [2.75, 3.05) is 30.3 Å². The molecule has 0 spiro atoms. The molecule has 3 aliphatic rings. The Morgan fingerprint density at radius 3 is 2.70 bits per heavy atom. The number of hydrogen-bond acceptors (Lipinski definition) is 16. The first-order chi connectivity index (χ1) is 22.3. The van der Waals surface area contributed by atoms with Crippen molar-refractivity contribution >= 4 is 69.8 Å². The van der Waals surface area contributed by atoms with Gasteiger partial charge >= 0.3 is 12.1 Å². The number of hydrogen-bond donors (Lipinski definition) is 4. The summed E-state index contributed by atoms with van der Waals surface area (Å²) in [5.74, 6) is -1.85. The molecule has 4 heterocycles. The molecule has 5 rings (SSSR count). The number of nitrogens with zero attached hydrogens (tertiary/aromatic N) is 8. The van der Waals surface area contributed by atoms with E-state index in [1.54, 1.807) is 20.8 Å². The highest BCUT2D eigenvalue weighted by Crippen LogP contribution is 2.44. The molecule has 1 saturated carbocycles. The van der Waals surface area contributed by atoms with Gasteiger partial charge < -0.3 is 35.9 Å². The summed E-state index contributed by atoms with van der Waals surface area (Å²) in [5.41, 5.74) is 3.66. The lowest BCUT2D eigenvalue weighted by Gasteiger charge is -2.53. The van der Waals surface area contributed by atoms with Crippen LogP contribution in [0.3, 0.4) is 0 Å². The zero-order chi connectivity index (χ0) is 33.8. The number of nitrogen functional groups attached to an aromatic ring is 1. The SMILES string of the molecule is CC(C)(C)OC(=O)NCCCn1nnnc1SCC1(C(=O)O)CS[C@@H]2C(NC(=O)C(=NOC3CCCC3)c3nsc(N)n3)C(=O)N2C1. The van der Waals surface area contributed by atoms with Gasteiger partial charge in [0.05, 0.1) is 0 Å². The molecule has 3 fully saturated rings. The zero-order valence-corrected chi connectivity index (χ0v) is 28.5. The van der Waals surface area contributed by atoms with E-state index in [2.05, 4.69) is 40.7 Å². The molecule has 3 atom stereocenters. The third-order valence-corrected chi connectivity index (χ3v) is 10.9. The van der Waals surface area contributed by atoms with Crippen LogP contribution in [0, 0.1) is 5.41 Å². The van der Waals surface area contributed by atoms with E-state index in [0.717, 1.165) is 37.2 Å². The molecule has 3 amide bonds. The highest BCUT2D eigenvalue weighted by Gasteiger charge is 2.57. The lowest BCUT2D eigenvalue weighted by atomic mass is 9.89. The summed E-state index contributed by atoms with van der Waals surface area (Å²) in [6.45, 7) is 6.00. The van der Waals surface area contributed by atoms with Crippen LogP contribution in [0.4, 0.5) is 9.93 Å². The molecule has 256 valence electrons. The van der Waals surface area contributed by atoms with Crippen molar-refractivity contribution in [3.8, 4) is 0 Å². The number of oxime groups is 1. The van der Waals surface area contributed by atoms with Crippen LogP contribution in [0.15, 0.2) is 10.3 Å². The van der Waals surface area contributed by atoms with Gasteiger partial charge in [0.1, 0.15) is 28.5 Å². The van der Waals surface area contributed by atoms with Gasteiger partial charge in [0.15, 0.2) is 5.13 Å². The number of amides is 3. The predicted molar refractivity (Wildman–Crippen MR) is 172 cm³/mol. The predicted octanol–water partition coefficient (Wildman–Crippen LogP) is 0.948. The Bertz CT molecular complexity index is 1510. The number of aliphatic carboxylic acids is 1. The standard InChI is InChI=1S/C26H37N11O7S3/c1-25(2,3)43-24(42)28-9-6-10-37-23(31-34-35-37)46-13-26(21(40)41)11-36-19(39)16(20(36)45-12-26)29-18(38)15(17-30-22(27)47-33-17)32-44-14-7-4-5-8-14/h14,16,20H,4-13H2,1-3H3,(H,28,42)(H,29,38)(H,40,41)(H2,27,30,33)/t16?,20-,26?/m1/s1. The van der Waals surface area contributed by atoms with Gasteiger partial charge in [-0.2, -0.15) is 9.36 Å². The second kappa shape index (κ2) is 14.6. The van der Waals surface area contributed by atoms with Crippen molar-refractivity contribution in [1.82, 2.24) is 45.1 Å². The maximum atomic E-state index is 13.3. The normalized spacial score (nSPS) is 23.2. The average Bonchev–Trinajstić information content (AvgIpc) is 3.79. The highest BCUT2D eigenvalue weighted by atomic mass is 32.2. The summed E-state index contributed by atoms with van der Waals surface area (Å²) >= 11 is 3.37. The number of alkyl carbamates (subject to hydrolysis) is 1. The van der Waals surface area contributed by atoms with Gasteiger partial charge in [0.25, 0.3) is 5.91 Å². The number of nitrogens with two attached hydrogens (primary N) is 1. The summed E-state index contributed by atoms with van der Waals surface area (Å²) in [5, 5.41) is 31.6. The van der Waals surface area contributed by atoms with E-state index in [9.17, 15) is 24.3 Å². The number of ether oxygens (including phenoxy) is 1. The van der Waals surface area contributed by atoms with E-state index in [-0.39, 0.29) is 40.8 Å². The van der Waals surface area contributed by atoms with Crippen LogP contribution in [-0.4, -0.2) is 117 Å². The summed E-state index contributed by atoms with van der Waals surface area (Å²) in [4.78, 5) is 62.1. The summed E-state index contributed by atoms with van der Waals surface area (Å²) in [6.07, 6.45) is 3.55. The number of thioether (sulfide) groups is 2. The molecule has 0 radical (unpaired) electrons. The zero-order valence-electron chi connectivity index (χ0n) is 26.1. The number of carboxylic acids is 1. The number of carbonyl (C=O) groups is 4. The molecule has 2 unspecified atom stereocenters. The number of tetrazole rings is 1. The molecule has 5 N–H and O–H groups in total. The number of rotatable bonds is 13. The third kappa shape index (κ3) is 8.42. The summed E-state index contributed by atoms with van der Waals surface area (Å²) < 4.78 is 10.8. The lowest BCUT2D eigenvalue weighted by molar-refractivity contribution is -0.157. The second-order valence-electron chi connectivity index (χ2n) is 12.4. The van der Waals surface area contributed by atoms with Crippen molar-refractivity contribution < 1.29 is 33.9 Å². The molecule has 21 heteroatoms. The smallest absolute Gasteiger partial charge is 0.407 e. The number of aromatic nitrogens is 6. The first kappa shape index (κ1) is 34.6. The topological polar surface area (TPSA) is 242 Å². The molecular formula is C26H37N11O7S3. The average molecular weight is 712 g/mol. The molecule has 0 bridgehead atoms. The fraction of sp³-hybridized carbons (Fsp3) is 0.692. The van der Waals surface area contributed by atoms with Crippen molar-refractivity contribution in [2.24, 2.45) is 10.6 Å². The Morgan fingerprint density at radius 2 is 2.02 bits per heavy atom. The Kier molecular flexibility index (Phi) is 10.7. The lowest BCUT2D eigenvalue weighted by Crippen LogP contribution is -2.74. The van der Waals surface area contributed by atoms with Crippen molar-refractivity contribution in [3.05, 3.63) is 5.82 Å². The van der Waals surface area contributed by atoms with Gasteiger partial charge in [-0.1, -0.05) is 16.9 Å². The van der Waals surface area contributed by atoms with Gasteiger partial charge in [0, 0.05) is 42.7 Å². The number of nitrogens with one attached hydrogen (secondary N) is 2. The van der Waals surface area contributed by atoms with Crippen LogP contribution in [0.5, 0.6) is 0 Å². The van der Waals surface area contributed by atoms with E-state index in [4.69, 9.17) is 15.3 Å². The van der Waals surface area contributed by atoms with Crippen LogP contribution < -0.4 is 16.4 Å². The number of fused-ring (bicyclic) bond motifs is 1. The minimum Gasteiger partial charge on any atom is -0.481 e. The third-order valence-electron chi connectivity index (χ3n) is 7.54. The second-order valence-corrected chi connectivity index (χ2v) is 15.2. The van der Waals surface area contributed by atoms with E-state index in [1.165, 1.54) is 33.1 Å². The largest absolute Gasteiger partial charge is 0.481 e. The van der Waals surface area contributed by atoms with Gasteiger partial charge in [-0.05, 0) is 63.3 Å². The molecule has 2 aromatic heterocycles. The van der Waals surface area contributed by atoms with Gasteiger partial charge in [0.2, 0.25) is 22.6 Å². The Labute approximate surface area is 282 Å². The van der Waals surface area contributed by atoms with E-state index >= 15 is 0 Å². The minimum atomic E-state index is -1.28. The van der Waals surface area contributed by atoms with Crippen LogP contribution >= 0.6 is 35.1 Å². The van der Waals surface area contributed by atoms with Crippen LogP contribution in [0.25, 0.3) is 0 Å². The number of aryl methyl sites for hydroxylation is 1. The number of carboxylic acid groups (broad SMARTS) is 1. The van der Waals surface area contributed by atoms with Gasteiger partial charge in [-0.25, -0.2) is 9.48 Å². The Balaban J connectivity index is 1.16. The Morgan fingerprint density at radius 1 is 1.26 bits per heavy atom.